The molecule has 0 rings (SSSR count). The number of halogens is 6. The number of rotatable bonds is 16. The maximum absolute atomic E-state index is 12.9. The van der Waals surface area contributed by atoms with Gasteiger partial charge in [0.05, 0.1) is 19.8 Å². The molecule has 0 spiro atoms. The van der Waals surface area contributed by atoms with Gasteiger partial charge in [-0.25, -0.2) is 13.7 Å². The molecule has 10 nitrogen and oxygen atoms in total. The van der Waals surface area contributed by atoms with Gasteiger partial charge >= 0.3 is 23.5 Å². The molecule has 0 fully saturated rings. The van der Waals surface area contributed by atoms with Crippen LogP contribution >= 0.6 is 119 Å². The van der Waals surface area contributed by atoms with E-state index in [-0.39, 0.29) is 29.5 Å². The normalized spacial score (nSPS) is 20.1. The predicted octanol–water partition coefficient (Wildman–Crippen LogP) is 5.85. The first-order valence-corrected chi connectivity index (χ1v) is 17.6. The van der Waals surface area contributed by atoms with Crippen LogP contribution in [0, 0.1) is 0 Å². The summed E-state index contributed by atoms with van der Waals surface area (Å²) in [5, 5.41) is 1.18. The second kappa shape index (κ2) is 15.2. The molecular weight excluding hydrogens is 840 g/mol. The SMILES string of the molecule is O=P(O)(O)OP(=O)(OCC(Br)CBr)OP(=O)(OCC(Br)CBr)OCC(Br)CBr. The molecule has 0 aromatic carbocycles. The van der Waals surface area contributed by atoms with Crippen LogP contribution < -0.4 is 0 Å². The molecule has 0 saturated carbocycles. The van der Waals surface area contributed by atoms with Crippen molar-refractivity contribution in [2.75, 3.05) is 35.8 Å². The molecule has 170 valence electrons. The van der Waals surface area contributed by atoms with Gasteiger partial charge in [0, 0.05) is 30.5 Å². The predicted molar refractivity (Wildman–Crippen MR) is 127 cm³/mol. The van der Waals surface area contributed by atoms with E-state index in [1.54, 1.807) is 0 Å². The van der Waals surface area contributed by atoms with Gasteiger partial charge < -0.3 is 9.79 Å². The fourth-order valence-corrected chi connectivity index (χ4v) is 6.95. The Morgan fingerprint density at radius 2 is 0.964 bits per heavy atom. The topological polar surface area (TPSA) is 138 Å². The number of phosphoric ester groups is 1. The molecule has 19 heteroatoms. The average Bonchev–Trinajstić information content (AvgIpc) is 2.60. The number of hydrogen-bond donors (Lipinski definition) is 2. The van der Waals surface area contributed by atoms with E-state index in [4.69, 9.17) is 27.7 Å². The van der Waals surface area contributed by atoms with Crippen LogP contribution in [-0.4, -0.2) is 60.1 Å². The zero-order chi connectivity index (χ0) is 22.0. The minimum absolute atomic E-state index is 0.206. The molecule has 0 aromatic heterocycles. The third-order valence-corrected chi connectivity index (χ3v) is 13.5. The lowest BCUT2D eigenvalue weighted by atomic mass is 10.5. The molecule has 2 N–H and O–H groups in total. The van der Waals surface area contributed by atoms with E-state index in [1.165, 1.54) is 0 Å². The highest BCUT2D eigenvalue weighted by Gasteiger charge is 2.45. The first-order valence-electron chi connectivity index (χ1n) is 7.00. The minimum Gasteiger partial charge on any atom is -0.302 e. The zero-order valence-corrected chi connectivity index (χ0v) is 25.9. The molecule has 0 saturated heterocycles. The molecule has 28 heavy (non-hydrogen) atoms. The van der Waals surface area contributed by atoms with Gasteiger partial charge in [-0.1, -0.05) is 95.6 Å². The lowest BCUT2D eigenvalue weighted by Crippen LogP contribution is -2.15. The molecule has 0 aliphatic heterocycles. The second-order valence-corrected chi connectivity index (χ2v) is 15.4. The molecular formula is C9H17Br6O10P3. The Balaban J connectivity index is 5.53. The highest BCUT2D eigenvalue weighted by molar-refractivity contribution is 9.12. The monoisotopic (exact) mass is 852 g/mol. The molecule has 0 aliphatic rings. The quantitative estimate of drug-likeness (QED) is 0.144. The molecule has 0 radical (unpaired) electrons. The van der Waals surface area contributed by atoms with Gasteiger partial charge in [0.25, 0.3) is 0 Å². The standard InChI is InChI=1S/C9H17Br6O10P3/c10-1-7(13)4-21-27(19,22-5-8(14)2-11)25-28(20,24-26(16,17)18)23-6-9(15)3-12/h7-9H,1-6H2,(H2,16,17,18). The van der Waals surface area contributed by atoms with Crippen LogP contribution in [0.25, 0.3) is 0 Å². The summed E-state index contributed by atoms with van der Waals surface area (Å²) in [4.78, 5) is 17.0. The summed E-state index contributed by atoms with van der Waals surface area (Å²) in [6.07, 6.45) is 0. The Morgan fingerprint density at radius 1 is 0.643 bits per heavy atom. The largest absolute Gasteiger partial charge is 0.492 e. The molecule has 0 aromatic rings. The van der Waals surface area contributed by atoms with E-state index in [2.05, 4.69) is 99.9 Å². The summed E-state index contributed by atoms with van der Waals surface area (Å²) in [6.45, 7) is -0.766. The fraction of sp³-hybridized carbons (Fsp3) is 1.00. The van der Waals surface area contributed by atoms with Gasteiger partial charge in [-0.15, -0.1) is 0 Å². The maximum Gasteiger partial charge on any atom is 0.492 e. The average molecular weight is 858 g/mol. The van der Waals surface area contributed by atoms with Gasteiger partial charge in [0.1, 0.15) is 0 Å². The molecule has 4 atom stereocenters. The van der Waals surface area contributed by atoms with Gasteiger partial charge in [0.2, 0.25) is 0 Å². The number of phosphoric acid groups is 3. The molecule has 0 heterocycles. The maximum atomic E-state index is 12.9. The summed E-state index contributed by atoms with van der Waals surface area (Å²) >= 11 is 19.1. The van der Waals surface area contributed by atoms with Crippen LogP contribution in [0.15, 0.2) is 0 Å². The van der Waals surface area contributed by atoms with E-state index in [9.17, 15) is 13.7 Å². The van der Waals surface area contributed by atoms with E-state index in [0.717, 1.165) is 0 Å². The van der Waals surface area contributed by atoms with Gasteiger partial charge in [-0.2, -0.15) is 8.62 Å². The van der Waals surface area contributed by atoms with Crippen molar-refractivity contribution >= 4 is 119 Å². The van der Waals surface area contributed by atoms with E-state index >= 15 is 0 Å². The van der Waals surface area contributed by atoms with Crippen molar-refractivity contribution in [3.8, 4) is 0 Å². The van der Waals surface area contributed by atoms with Crippen molar-refractivity contribution in [2.45, 2.75) is 14.5 Å². The summed E-state index contributed by atoms with van der Waals surface area (Å²) < 4.78 is 60.9. The zero-order valence-electron chi connectivity index (χ0n) is 13.7. The Hall–Kier alpha value is 3.29. The van der Waals surface area contributed by atoms with Gasteiger partial charge in [-0.05, 0) is 0 Å². The summed E-state index contributed by atoms with van der Waals surface area (Å²) in [6, 6.07) is 0. The van der Waals surface area contributed by atoms with Crippen molar-refractivity contribution in [3.05, 3.63) is 0 Å². The summed E-state index contributed by atoms with van der Waals surface area (Å²) in [5.41, 5.74) is 0. The van der Waals surface area contributed by atoms with Crippen molar-refractivity contribution in [1.82, 2.24) is 0 Å². The second-order valence-electron chi connectivity index (χ2n) is 4.69. The third kappa shape index (κ3) is 15.2. The third-order valence-electron chi connectivity index (χ3n) is 2.15. The molecule has 0 bridgehead atoms. The highest BCUT2D eigenvalue weighted by Crippen LogP contribution is 2.71. The minimum atomic E-state index is -5.34. The van der Waals surface area contributed by atoms with E-state index in [1.807, 2.05) is 0 Å². The first-order chi connectivity index (χ1) is 12.8. The smallest absolute Gasteiger partial charge is 0.302 e. The van der Waals surface area contributed by atoms with Crippen molar-refractivity contribution in [2.24, 2.45) is 0 Å². The Labute approximate surface area is 213 Å². The lowest BCUT2D eigenvalue weighted by molar-refractivity contribution is 0.127. The molecule has 0 amide bonds. The van der Waals surface area contributed by atoms with Crippen LogP contribution in [-0.2, 0) is 35.9 Å². The molecule has 0 aliphatic carbocycles. The van der Waals surface area contributed by atoms with Crippen molar-refractivity contribution in [1.29, 1.82) is 0 Å². The van der Waals surface area contributed by atoms with Crippen LogP contribution in [0.1, 0.15) is 0 Å². The molecule has 4 unspecified atom stereocenters. The Kier molecular flexibility index (Phi) is 17.0. The first kappa shape index (κ1) is 31.3. The summed E-state index contributed by atoms with van der Waals surface area (Å²) in [5.74, 6) is 0. The summed E-state index contributed by atoms with van der Waals surface area (Å²) in [7, 11) is -15.0. The highest BCUT2D eigenvalue weighted by atomic mass is 79.9. The number of hydrogen-bond acceptors (Lipinski definition) is 8. The van der Waals surface area contributed by atoms with Crippen molar-refractivity contribution in [3.63, 3.8) is 0 Å². The number of alkyl halides is 6. The van der Waals surface area contributed by atoms with Crippen LogP contribution in [0.4, 0.5) is 0 Å². The van der Waals surface area contributed by atoms with Crippen molar-refractivity contribution < 1.29 is 45.7 Å². The lowest BCUT2D eigenvalue weighted by Gasteiger charge is -2.24. The van der Waals surface area contributed by atoms with Gasteiger partial charge in [-0.3, -0.25) is 13.6 Å². The van der Waals surface area contributed by atoms with Crippen LogP contribution in [0.3, 0.4) is 0 Å². The fourth-order valence-electron chi connectivity index (χ4n) is 1.05. The van der Waals surface area contributed by atoms with Gasteiger partial charge in [0.15, 0.2) is 0 Å². The van der Waals surface area contributed by atoms with Crippen LogP contribution in [0.2, 0.25) is 0 Å². The van der Waals surface area contributed by atoms with E-state index in [0.29, 0.717) is 16.0 Å². The van der Waals surface area contributed by atoms with E-state index < -0.39 is 28.3 Å². The van der Waals surface area contributed by atoms with Crippen LogP contribution in [0.5, 0.6) is 0 Å². The Morgan fingerprint density at radius 3 is 1.25 bits per heavy atom. The Bertz CT molecular complexity index is 575.